The minimum atomic E-state index is 0.137. The van der Waals surface area contributed by atoms with Crippen LogP contribution in [0.1, 0.15) is 18.1 Å². The van der Waals surface area contributed by atoms with Gasteiger partial charge in [-0.3, -0.25) is 4.79 Å². The molecule has 4 nitrogen and oxygen atoms in total. The zero-order valence-corrected chi connectivity index (χ0v) is 14.1. The van der Waals surface area contributed by atoms with Crippen LogP contribution >= 0.6 is 0 Å². The molecule has 0 bridgehead atoms. The van der Waals surface area contributed by atoms with E-state index in [1.807, 2.05) is 66.6 Å². The van der Waals surface area contributed by atoms with Gasteiger partial charge in [-0.15, -0.1) is 0 Å². The number of likely N-dealkylation sites (N-methyl/N-ethyl adjacent to an activating group) is 1. The largest absolute Gasteiger partial charge is 0.497 e. The lowest BCUT2D eigenvalue weighted by molar-refractivity contribution is -0.130. The molecular formula is C20H22N2O2. The molecule has 0 saturated heterocycles. The first kappa shape index (κ1) is 16.1. The number of aromatic nitrogens is 1. The fraction of sp³-hybridized carbons (Fsp3) is 0.250. The van der Waals surface area contributed by atoms with Gasteiger partial charge in [-0.1, -0.05) is 30.3 Å². The number of ether oxygens (including phenoxy) is 1. The van der Waals surface area contributed by atoms with Crippen LogP contribution < -0.4 is 4.74 Å². The molecule has 3 aromatic rings. The number of para-hydroxylation sites is 1. The number of aromatic amines is 1. The van der Waals surface area contributed by atoms with Crippen LogP contribution in [0, 0.1) is 0 Å². The maximum atomic E-state index is 12.7. The average Bonchev–Trinajstić information content (AvgIpc) is 3.03. The molecule has 4 heteroatoms. The Morgan fingerprint density at radius 2 is 1.88 bits per heavy atom. The molecule has 3 rings (SSSR count). The second-order valence-corrected chi connectivity index (χ2v) is 5.79. The summed E-state index contributed by atoms with van der Waals surface area (Å²) in [4.78, 5) is 17.8. The summed E-state index contributed by atoms with van der Waals surface area (Å²) in [6.07, 6.45) is 2.35. The van der Waals surface area contributed by atoms with Crippen molar-refractivity contribution in [2.75, 3.05) is 13.7 Å². The Bertz CT molecular complexity index is 821. The molecule has 2 aromatic carbocycles. The summed E-state index contributed by atoms with van der Waals surface area (Å²) in [6.45, 7) is 3.31. The van der Waals surface area contributed by atoms with E-state index in [-0.39, 0.29) is 5.91 Å². The Labute approximate surface area is 142 Å². The number of hydrogen-bond donors (Lipinski definition) is 1. The Morgan fingerprint density at radius 3 is 2.58 bits per heavy atom. The number of methoxy groups -OCH3 is 1. The highest BCUT2D eigenvalue weighted by Crippen LogP contribution is 2.19. The number of fused-ring (bicyclic) bond motifs is 1. The summed E-state index contributed by atoms with van der Waals surface area (Å²) in [5, 5.41) is 1.12. The van der Waals surface area contributed by atoms with E-state index in [1.54, 1.807) is 7.11 Å². The normalized spacial score (nSPS) is 10.8. The van der Waals surface area contributed by atoms with Gasteiger partial charge in [0.2, 0.25) is 5.91 Å². The van der Waals surface area contributed by atoms with Crippen molar-refractivity contribution in [2.24, 2.45) is 0 Å². The van der Waals surface area contributed by atoms with E-state index >= 15 is 0 Å². The van der Waals surface area contributed by atoms with Gasteiger partial charge in [0.15, 0.2) is 0 Å². The van der Waals surface area contributed by atoms with Gasteiger partial charge in [-0.05, 0) is 36.2 Å². The topological polar surface area (TPSA) is 45.3 Å². The van der Waals surface area contributed by atoms with Gasteiger partial charge in [0.05, 0.1) is 13.5 Å². The van der Waals surface area contributed by atoms with Crippen LogP contribution in [0.3, 0.4) is 0 Å². The van der Waals surface area contributed by atoms with E-state index in [0.29, 0.717) is 19.5 Å². The number of carbonyl (C=O) groups excluding carboxylic acids is 1. The molecule has 0 aliphatic rings. The predicted octanol–water partition coefficient (Wildman–Crippen LogP) is 3.77. The van der Waals surface area contributed by atoms with Crippen molar-refractivity contribution in [1.82, 2.24) is 9.88 Å². The van der Waals surface area contributed by atoms with E-state index in [9.17, 15) is 4.79 Å². The highest BCUT2D eigenvalue weighted by Gasteiger charge is 2.15. The third kappa shape index (κ3) is 3.43. The third-order valence-corrected chi connectivity index (χ3v) is 4.28. The van der Waals surface area contributed by atoms with Gasteiger partial charge in [0.1, 0.15) is 5.75 Å². The lowest BCUT2D eigenvalue weighted by atomic mass is 10.1. The van der Waals surface area contributed by atoms with Crippen molar-refractivity contribution in [3.8, 4) is 5.75 Å². The van der Waals surface area contributed by atoms with Crippen LogP contribution in [-0.4, -0.2) is 29.4 Å². The van der Waals surface area contributed by atoms with Gasteiger partial charge >= 0.3 is 0 Å². The van der Waals surface area contributed by atoms with E-state index in [1.165, 1.54) is 0 Å². The lowest BCUT2D eigenvalue weighted by Gasteiger charge is -2.21. The second kappa shape index (κ2) is 7.21. The van der Waals surface area contributed by atoms with E-state index in [0.717, 1.165) is 27.8 Å². The van der Waals surface area contributed by atoms with Crippen LogP contribution in [0.5, 0.6) is 5.75 Å². The van der Waals surface area contributed by atoms with E-state index < -0.39 is 0 Å². The number of nitrogens with one attached hydrogen (secondary N) is 1. The fourth-order valence-corrected chi connectivity index (χ4v) is 2.88. The smallest absolute Gasteiger partial charge is 0.227 e. The molecule has 124 valence electrons. The molecule has 0 saturated carbocycles. The minimum absolute atomic E-state index is 0.137. The minimum Gasteiger partial charge on any atom is -0.497 e. The van der Waals surface area contributed by atoms with E-state index in [4.69, 9.17) is 4.74 Å². The highest BCUT2D eigenvalue weighted by atomic mass is 16.5. The monoisotopic (exact) mass is 322 g/mol. The van der Waals surface area contributed by atoms with Gasteiger partial charge in [-0.25, -0.2) is 0 Å². The molecular weight excluding hydrogens is 300 g/mol. The number of carbonyl (C=O) groups is 1. The lowest BCUT2D eigenvalue weighted by Crippen LogP contribution is -2.31. The SMILES string of the molecule is CCN(Cc1ccc(OC)cc1)C(=O)Cc1c[nH]c2ccccc12. The van der Waals surface area contributed by atoms with Crippen molar-refractivity contribution in [3.05, 3.63) is 65.9 Å². The first-order valence-corrected chi connectivity index (χ1v) is 8.17. The Hall–Kier alpha value is -2.75. The highest BCUT2D eigenvalue weighted by molar-refractivity contribution is 5.88. The van der Waals surface area contributed by atoms with Gasteiger partial charge in [0.25, 0.3) is 0 Å². The molecule has 0 spiro atoms. The Balaban J connectivity index is 1.71. The number of benzene rings is 2. The summed E-state index contributed by atoms with van der Waals surface area (Å²) in [7, 11) is 1.65. The second-order valence-electron chi connectivity index (χ2n) is 5.79. The van der Waals surface area contributed by atoms with Crippen molar-refractivity contribution >= 4 is 16.8 Å². The number of rotatable bonds is 6. The van der Waals surface area contributed by atoms with E-state index in [2.05, 4.69) is 4.98 Å². The van der Waals surface area contributed by atoms with Crippen LogP contribution in [0.4, 0.5) is 0 Å². The van der Waals surface area contributed by atoms with Crippen LogP contribution in [0.25, 0.3) is 10.9 Å². The third-order valence-electron chi connectivity index (χ3n) is 4.28. The van der Waals surface area contributed by atoms with Crippen LogP contribution in [0.15, 0.2) is 54.7 Å². The van der Waals surface area contributed by atoms with Crippen molar-refractivity contribution in [1.29, 1.82) is 0 Å². The number of nitrogens with zero attached hydrogens (tertiary/aromatic N) is 1. The van der Waals surface area contributed by atoms with Gasteiger partial charge < -0.3 is 14.6 Å². The molecule has 0 fully saturated rings. The molecule has 0 atom stereocenters. The summed E-state index contributed by atoms with van der Waals surface area (Å²) in [5.41, 5.74) is 3.22. The zero-order valence-electron chi connectivity index (χ0n) is 14.1. The molecule has 1 N–H and O–H groups in total. The molecule has 0 aliphatic carbocycles. The van der Waals surface area contributed by atoms with Crippen molar-refractivity contribution in [2.45, 2.75) is 19.9 Å². The summed E-state index contributed by atoms with van der Waals surface area (Å²) in [5.74, 6) is 0.963. The first-order chi connectivity index (χ1) is 11.7. The zero-order chi connectivity index (χ0) is 16.9. The molecule has 1 amide bonds. The maximum absolute atomic E-state index is 12.7. The molecule has 0 aliphatic heterocycles. The van der Waals surface area contributed by atoms with Crippen LogP contribution in [0.2, 0.25) is 0 Å². The summed E-state index contributed by atoms with van der Waals surface area (Å²) < 4.78 is 5.17. The molecule has 0 unspecified atom stereocenters. The Kier molecular flexibility index (Phi) is 4.85. The number of amides is 1. The van der Waals surface area contributed by atoms with Gasteiger partial charge in [0, 0.05) is 30.2 Å². The molecule has 24 heavy (non-hydrogen) atoms. The van der Waals surface area contributed by atoms with Crippen molar-refractivity contribution in [3.63, 3.8) is 0 Å². The number of H-pyrrole nitrogens is 1. The summed E-state index contributed by atoms with van der Waals surface area (Å²) in [6, 6.07) is 15.9. The Morgan fingerprint density at radius 1 is 1.12 bits per heavy atom. The van der Waals surface area contributed by atoms with Gasteiger partial charge in [-0.2, -0.15) is 0 Å². The molecule has 1 heterocycles. The standard InChI is InChI=1S/C20H22N2O2/c1-3-22(14-15-8-10-17(24-2)11-9-15)20(23)12-16-13-21-19-7-5-4-6-18(16)19/h4-11,13,21H,3,12,14H2,1-2H3. The summed E-state index contributed by atoms with van der Waals surface area (Å²) >= 11 is 0. The predicted molar refractivity (Wildman–Crippen MR) is 96.1 cm³/mol. The quantitative estimate of drug-likeness (QED) is 0.751. The van der Waals surface area contributed by atoms with Crippen molar-refractivity contribution < 1.29 is 9.53 Å². The average molecular weight is 322 g/mol. The molecule has 1 aromatic heterocycles. The maximum Gasteiger partial charge on any atom is 0.227 e. The van der Waals surface area contributed by atoms with Crippen LogP contribution in [-0.2, 0) is 17.8 Å². The fourth-order valence-electron chi connectivity index (χ4n) is 2.88. The number of hydrogen-bond acceptors (Lipinski definition) is 2. The first-order valence-electron chi connectivity index (χ1n) is 8.17. The molecule has 0 radical (unpaired) electrons.